The number of non-ortho nitro benzene ring substituents is 1. The molecular formula is C23H23N3O4. The molecule has 30 heavy (non-hydrogen) atoms. The molecule has 1 saturated heterocycles. The van der Waals surface area contributed by atoms with Crippen molar-refractivity contribution in [3.8, 4) is 0 Å². The number of hydrogen-bond acceptors (Lipinski definition) is 5. The van der Waals surface area contributed by atoms with Crippen LogP contribution in [0, 0.1) is 22.5 Å². The van der Waals surface area contributed by atoms with Gasteiger partial charge in [-0.3, -0.25) is 19.8 Å². The predicted molar refractivity (Wildman–Crippen MR) is 112 cm³/mol. The first-order valence-electron chi connectivity index (χ1n) is 10.0. The van der Waals surface area contributed by atoms with Crippen LogP contribution in [0.4, 0.5) is 5.69 Å². The highest BCUT2D eigenvalue weighted by Gasteiger charge is 2.64. The van der Waals surface area contributed by atoms with Crippen LogP contribution < -0.4 is 0 Å². The largest absolute Gasteiger partial charge is 0.468 e. The quantitative estimate of drug-likeness (QED) is 0.376. The number of hydrogen-bond donors (Lipinski definition) is 0. The number of carbonyl (C=O) groups is 1. The third-order valence-corrected chi connectivity index (χ3v) is 7.02. The number of likely N-dealkylation sites (N-methyl/N-ethyl adjacent to an activating group) is 1. The lowest BCUT2D eigenvalue weighted by atomic mass is 9.70. The summed E-state index contributed by atoms with van der Waals surface area (Å²) in [5.41, 5.74) is 3.43. The van der Waals surface area contributed by atoms with Gasteiger partial charge in [0, 0.05) is 47.7 Å². The predicted octanol–water partition coefficient (Wildman–Crippen LogP) is 3.80. The number of benzene rings is 2. The van der Waals surface area contributed by atoms with E-state index in [9.17, 15) is 14.9 Å². The molecule has 3 heterocycles. The molecule has 3 atom stereocenters. The molecule has 0 saturated carbocycles. The molecule has 3 aromatic rings. The Morgan fingerprint density at radius 2 is 2.00 bits per heavy atom. The minimum Gasteiger partial charge on any atom is -0.468 e. The van der Waals surface area contributed by atoms with Crippen molar-refractivity contribution >= 4 is 22.6 Å². The van der Waals surface area contributed by atoms with E-state index >= 15 is 0 Å². The summed E-state index contributed by atoms with van der Waals surface area (Å²) in [4.78, 5) is 26.6. The number of nitro benzene ring substituents is 1. The van der Waals surface area contributed by atoms with Crippen molar-refractivity contribution in [1.29, 1.82) is 0 Å². The number of esters is 1. The summed E-state index contributed by atoms with van der Waals surface area (Å²) in [5.74, 6) is -0.474. The van der Waals surface area contributed by atoms with E-state index in [2.05, 4.69) is 28.5 Å². The van der Waals surface area contributed by atoms with E-state index in [1.54, 1.807) is 12.1 Å². The number of fused-ring (bicyclic) bond motifs is 5. The molecule has 7 nitrogen and oxygen atoms in total. The van der Waals surface area contributed by atoms with Gasteiger partial charge in [0.15, 0.2) is 0 Å². The van der Waals surface area contributed by atoms with Crippen LogP contribution in [0.25, 0.3) is 10.9 Å². The van der Waals surface area contributed by atoms with Crippen molar-refractivity contribution in [3.63, 3.8) is 0 Å². The van der Waals surface area contributed by atoms with Crippen molar-refractivity contribution in [3.05, 3.63) is 75.5 Å². The average molecular weight is 405 g/mol. The topological polar surface area (TPSA) is 77.6 Å². The van der Waals surface area contributed by atoms with Gasteiger partial charge in [-0.15, -0.1) is 0 Å². The fraction of sp³-hybridized carbons (Fsp3) is 0.348. The molecule has 7 heteroatoms. The number of nitro groups is 1. The summed E-state index contributed by atoms with van der Waals surface area (Å²) >= 11 is 0. The Balaban J connectivity index is 1.73. The fourth-order valence-corrected chi connectivity index (χ4v) is 5.84. The number of methoxy groups -OCH3 is 1. The lowest BCUT2D eigenvalue weighted by Crippen LogP contribution is -2.40. The second-order valence-corrected chi connectivity index (χ2v) is 8.39. The molecule has 2 aliphatic rings. The van der Waals surface area contributed by atoms with Crippen LogP contribution in [0.1, 0.15) is 28.8 Å². The molecule has 0 spiro atoms. The zero-order chi connectivity index (χ0) is 21.2. The van der Waals surface area contributed by atoms with E-state index in [0.29, 0.717) is 13.1 Å². The summed E-state index contributed by atoms with van der Waals surface area (Å²) in [6.07, 6.45) is 0. The van der Waals surface area contributed by atoms with Crippen LogP contribution in [0.15, 0.2) is 48.5 Å². The average Bonchev–Trinajstić information content (AvgIpc) is 3.35. The van der Waals surface area contributed by atoms with E-state index in [1.165, 1.54) is 24.1 Å². The highest BCUT2D eigenvalue weighted by molar-refractivity contribution is 5.89. The lowest BCUT2D eigenvalue weighted by Gasteiger charge is -2.32. The summed E-state index contributed by atoms with van der Waals surface area (Å²) < 4.78 is 7.60. The van der Waals surface area contributed by atoms with Gasteiger partial charge < -0.3 is 9.30 Å². The van der Waals surface area contributed by atoms with Crippen molar-refractivity contribution < 1.29 is 14.5 Å². The number of aromatic nitrogens is 1. The molecule has 2 aromatic carbocycles. The van der Waals surface area contributed by atoms with Gasteiger partial charge >= 0.3 is 5.97 Å². The molecule has 0 radical (unpaired) electrons. The van der Waals surface area contributed by atoms with Gasteiger partial charge in [0.2, 0.25) is 0 Å². The second kappa shape index (κ2) is 6.40. The number of nitrogens with zero attached hydrogens (tertiary/aromatic N) is 3. The second-order valence-electron chi connectivity index (χ2n) is 8.39. The zero-order valence-corrected chi connectivity index (χ0v) is 17.2. The normalized spacial score (nSPS) is 25.3. The number of ether oxygens (including phenoxy) is 1. The zero-order valence-electron chi connectivity index (χ0n) is 17.2. The van der Waals surface area contributed by atoms with E-state index in [0.717, 1.165) is 16.8 Å². The van der Waals surface area contributed by atoms with E-state index in [-0.39, 0.29) is 28.5 Å². The van der Waals surface area contributed by atoms with Crippen molar-refractivity contribution in [2.75, 3.05) is 20.7 Å². The Bertz CT molecular complexity index is 1200. The van der Waals surface area contributed by atoms with Crippen LogP contribution in [0.3, 0.4) is 0 Å². The molecule has 0 bridgehead atoms. The molecule has 5 rings (SSSR count). The first-order chi connectivity index (χ1) is 14.4. The summed E-state index contributed by atoms with van der Waals surface area (Å²) in [6, 6.07) is 14.8. The fourth-order valence-electron chi connectivity index (χ4n) is 5.84. The third-order valence-electron chi connectivity index (χ3n) is 7.02. The van der Waals surface area contributed by atoms with Gasteiger partial charge in [0.05, 0.1) is 18.1 Å². The maximum Gasteiger partial charge on any atom is 0.316 e. The number of para-hydroxylation sites is 1. The van der Waals surface area contributed by atoms with Crippen LogP contribution in [-0.4, -0.2) is 41.1 Å². The number of likely N-dealkylation sites (tertiary alicyclic amines) is 1. The highest BCUT2D eigenvalue weighted by Crippen LogP contribution is 2.61. The summed E-state index contributed by atoms with van der Waals surface area (Å²) in [5, 5.41) is 12.6. The standard InChI is InChI=1S/C23H23N3O4/c1-14-17-9-4-5-10-19(17)25-13-23(22(27)30-3)18(12-24(2)21(23)20(14)25)15-7-6-8-16(11-15)26(28)29/h4-11,18,21H,12-13H2,1-3H3. The Morgan fingerprint density at radius 1 is 1.23 bits per heavy atom. The molecule has 1 aromatic heterocycles. The third kappa shape index (κ3) is 2.26. The number of carbonyl (C=O) groups excluding carboxylic acids is 1. The molecule has 0 amide bonds. The smallest absolute Gasteiger partial charge is 0.316 e. The van der Waals surface area contributed by atoms with Crippen molar-refractivity contribution in [2.45, 2.75) is 25.4 Å². The van der Waals surface area contributed by atoms with Gasteiger partial charge in [-0.2, -0.15) is 0 Å². The molecule has 3 unspecified atom stereocenters. The number of rotatable bonds is 3. The molecule has 0 aliphatic carbocycles. The molecular weight excluding hydrogens is 382 g/mol. The molecule has 0 N–H and O–H groups in total. The molecule has 154 valence electrons. The SMILES string of the molecule is COC(=O)C12Cn3c(c(C)c4ccccc43)C1N(C)CC2c1cccc([N+](=O)[O-])c1. The summed E-state index contributed by atoms with van der Waals surface area (Å²) in [7, 11) is 3.45. The van der Waals surface area contributed by atoms with Gasteiger partial charge in [-0.25, -0.2) is 0 Å². The van der Waals surface area contributed by atoms with Gasteiger partial charge in [-0.1, -0.05) is 30.3 Å². The van der Waals surface area contributed by atoms with E-state index in [4.69, 9.17) is 4.74 Å². The minimum atomic E-state index is -0.831. The van der Waals surface area contributed by atoms with Crippen molar-refractivity contribution in [1.82, 2.24) is 9.47 Å². The van der Waals surface area contributed by atoms with Gasteiger partial charge in [0.1, 0.15) is 5.41 Å². The highest BCUT2D eigenvalue weighted by atomic mass is 16.6. The van der Waals surface area contributed by atoms with E-state index < -0.39 is 5.41 Å². The summed E-state index contributed by atoms with van der Waals surface area (Å²) in [6.45, 7) is 3.23. The van der Waals surface area contributed by atoms with Crippen LogP contribution in [-0.2, 0) is 16.1 Å². The Hall–Kier alpha value is -3.19. The first-order valence-corrected chi connectivity index (χ1v) is 10.0. The maximum absolute atomic E-state index is 13.4. The van der Waals surface area contributed by atoms with Crippen LogP contribution >= 0.6 is 0 Å². The Labute approximate surface area is 174 Å². The minimum absolute atomic E-state index is 0.0397. The van der Waals surface area contributed by atoms with Crippen LogP contribution in [0.5, 0.6) is 0 Å². The maximum atomic E-state index is 13.4. The first kappa shape index (κ1) is 18.8. The lowest BCUT2D eigenvalue weighted by molar-refractivity contribution is -0.384. The van der Waals surface area contributed by atoms with Crippen molar-refractivity contribution in [2.24, 2.45) is 5.41 Å². The van der Waals surface area contributed by atoms with Gasteiger partial charge in [-0.05, 0) is 31.2 Å². The molecule has 2 aliphatic heterocycles. The van der Waals surface area contributed by atoms with E-state index in [1.807, 2.05) is 25.2 Å². The Kier molecular flexibility index (Phi) is 4.02. The van der Waals surface area contributed by atoms with Crippen LogP contribution in [0.2, 0.25) is 0 Å². The number of aryl methyl sites for hydroxylation is 1. The molecule has 1 fully saturated rings. The Morgan fingerprint density at radius 3 is 2.73 bits per heavy atom. The monoisotopic (exact) mass is 405 g/mol. The van der Waals surface area contributed by atoms with Gasteiger partial charge in [0.25, 0.3) is 5.69 Å².